The highest BCUT2D eigenvalue weighted by Crippen LogP contribution is 2.27. The molecule has 0 saturated heterocycles. The number of carbonyl (C=O) groups is 1. The molecule has 0 aliphatic carbocycles. The first-order valence-electron chi connectivity index (χ1n) is 4.77. The van der Waals surface area contributed by atoms with Gasteiger partial charge in [0.2, 0.25) is 0 Å². The SMILES string of the molecule is NNc1cccc(C(=O)NCC(F)F)c1[N+](=O)[O-]. The first-order chi connectivity index (χ1) is 8.47. The Hall–Kier alpha value is -2.29. The second kappa shape index (κ2) is 5.87. The third kappa shape index (κ3) is 3.10. The van der Waals surface area contributed by atoms with Crippen molar-refractivity contribution in [1.82, 2.24) is 5.32 Å². The summed E-state index contributed by atoms with van der Waals surface area (Å²) >= 11 is 0. The first kappa shape index (κ1) is 13.8. The summed E-state index contributed by atoms with van der Waals surface area (Å²) in [4.78, 5) is 21.5. The number of alkyl halides is 2. The summed E-state index contributed by atoms with van der Waals surface area (Å²) < 4.78 is 23.9. The van der Waals surface area contributed by atoms with Crippen LogP contribution in [0.3, 0.4) is 0 Å². The molecule has 0 aliphatic rings. The van der Waals surface area contributed by atoms with Gasteiger partial charge in [-0.1, -0.05) is 6.07 Å². The number of amides is 1. The lowest BCUT2D eigenvalue weighted by Gasteiger charge is -2.07. The highest BCUT2D eigenvalue weighted by molar-refractivity contribution is 6.00. The van der Waals surface area contributed by atoms with Crippen molar-refractivity contribution in [1.29, 1.82) is 0 Å². The number of carbonyl (C=O) groups excluding carboxylic acids is 1. The van der Waals surface area contributed by atoms with Crippen LogP contribution in [-0.2, 0) is 0 Å². The minimum Gasteiger partial charge on any atom is -0.346 e. The van der Waals surface area contributed by atoms with Crippen LogP contribution in [0.4, 0.5) is 20.2 Å². The van der Waals surface area contributed by atoms with Gasteiger partial charge in [-0.05, 0) is 12.1 Å². The van der Waals surface area contributed by atoms with E-state index in [1.54, 1.807) is 0 Å². The van der Waals surface area contributed by atoms with Crippen LogP contribution in [0.15, 0.2) is 18.2 Å². The van der Waals surface area contributed by atoms with E-state index in [0.717, 1.165) is 6.07 Å². The van der Waals surface area contributed by atoms with Crippen LogP contribution in [0.25, 0.3) is 0 Å². The van der Waals surface area contributed by atoms with Crippen molar-refractivity contribution >= 4 is 17.3 Å². The van der Waals surface area contributed by atoms with Gasteiger partial charge in [-0.25, -0.2) is 8.78 Å². The molecule has 1 aromatic carbocycles. The van der Waals surface area contributed by atoms with E-state index >= 15 is 0 Å². The van der Waals surface area contributed by atoms with Gasteiger partial charge < -0.3 is 10.7 Å². The van der Waals surface area contributed by atoms with Crippen molar-refractivity contribution in [3.8, 4) is 0 Å². The second-order valence-electron chi connectivity index (χ2n) is 3.20. The van der Waals surface area contributed by atoms with Crippen LogP contribution >= 0.6 is 0 Å². The number of nitro benzene ring substituents is 1. The number of hydrogen-bond donors (Lipinski definition) is 3. The van der Waals surface area contributed by atoms with E-state index in [0.29, 0.717) is 0 Å². The normalized spacial score (nSPS) is 10.2. The Kier molecular flexibility index (Phi) is 4.49. The Morgan fingerprint density at radius 3 is 2.67 bits per heavy atom. The van der Waals surface area contributed by atoms with E-state index in [4.69, 9.17) is 5.84 Å². The highest BCUT2D eigenvalue weighted by Gasteiger charge is 2.24. The van der Waals surface area contributed by atoms with Crippen molar-refractivity contribution in [2.24, 2.45) is 5.84 Å². The number of benzene rings is 1. The van der Waals surface area contributed by atoms with E-state index in [1.807, 2.05) is 5.32 Å². The number of nitrogens with two attached hydrogens (primary N) is 1. The summed E-state index contributed by atoms with van der Waals surface area (Å²) in [5, 5.41) is 12.7. The second-order valence-corrected chi connectivity index (χ2v) is 3.20. The third-order valence-electron chi connectivity index (χ3n) is 2.04. The molecule has 0 bridgehead atoms. The summed E-state index contributed by atoms with van der Waals surface area (Å²) in [7, 11) is 0. The summed E-state index contributed by atoms with van der Waals surface area (Å²) in [6.07, 6.45) is -2.73. The Bertz CT molecular complexity index is 467. The predicted molar refractivity (Wildman–Crippen MR) is 59.2 cm³/mol. The zero-order chi connectivity index (χ0) is 13.7. The van der Waals surface area contributed by atoms with Gasteiger partial charge in [-0.2, -0.15) is 0 Å². The third-order valence-corrected chi connectivity index (χ3v) is 2.04. The molecular weight excluding hydrogens is 250 g/mol. The molecule has 0 saturated carbocycles. The molecule has 0 atom stereocenters. The molecular formula is C9H10F2N4O3. The zero-order valence-electron chi connectivity index (χ0n) is 9.02. The monoisotopic (exact) mass is 260 g/mol. The van der Waals surface area contributed by atoms with Gasteiger partial charge in [0.05, 0.1) is 11.5 Å². The lowest BCUT2D eigenvalue weighted by atomic mass is 10.1. The quantitative estimate of drug-likeness (QED) is 0.413. The molecule has 0 heterocycles. The fourth-order valence-electron chi connectivity index (χ4n) is 1.30. The molecule has 9 heteroatoms. The van der Waals surface area contributed by atoms with Gasteiger partial charge in [0, 0.05) is 0 Å². The van der Waals surface area contributed by atoms with Crippen LogP contribution in [0, 0.1) is 10.1 Å². The van der Waals surface area contributed by atoms with E-state index in [9.17, 15) is 23.7 Å². The van der Waals surface area contributed by atoms with Crippen molar-refractivity contribution in [2.75, 3.05) is 12.0 Å². The molecule has 1 aromatic rings. The number of nitrogen functional groups attached to an aromatic ring is 1. The van der Waals surface area contributed by atoms with Crippen molar-refractivity contribution in [2.45, 2.75) is 6.43 Å². The molecule has 4 N–H and O–H groups in total. The summed E-state index contributed by atoms with van der Waals surface area (Å²) in [6, 6.07) is 3.79. The van der Waals surface area contributed by atoms with Gasteiger partial charge >= 0.3 is 5.69 Å². The Morgan fingerprint density at radius 1 is 1.50 bits per heavy atom. The Balaban J connectivity index is 3.08. The Morgan fingerprint density at radius 2 is 2.17 bits per heavy atom. The van der Waals surface area contributed by atoms with E-state index < -0.39 is 29.5 Å². The number of hydrogen-bond acceptors (Lipinski definition) is 5. The molecule has 18 heavy (non-hydrogen) atoms. The van der Waals surface area contributed by atoms with Crippen LogP contribution in [0.5, 0.6) is 0 Å². The topological polar surface area (TPSA) is 110 Å². The number of para-hydroxylation sites is 1. The van der Waals surface area contributed by atoms with E-state index in [-0.39, 0.29) is 11.3 Å². The summed E-state index contributed by atoms with van der Waals surface area (Å²) in [6.45, 7) is -0.879. The number of rotatable bonds is 5. The van der Waals surface area contributed by atoms with Crippen LogP contribution in [-0.4, -0.2) is 23.8 Å². The summed E-state index contributed by atoms with van der Waals surface area (Å²) in [5.41, 5.74) is 1.09. The minimum absolute atomic E-state index is 0.0790. The standard InChI is InChI=1S/C9H10F2N4O3/c10-7(11)4-13-9(16)5-2-1-3-6(14-12)8(5)15(17)18/h1-3,7,14H,4,12H2,(H,13,16). The average molecular weight is 260 g/mol. The molecule has 0 unspecified atom stereocenters. The molecule has 98 valence electrons. The fourth-order valence-corrected chi connectivity index (χ4v) is 1.30. The van der Waals surface area contributed by atoms with Crippen LogP contribution in [0.1, 0.15) is 10.4 Å². The summed E-state index contributed by atoms with van der Waals surface area (Å²) in [5.74, 6) is 4.11. The van der Waals surface area contributed by atoms with Crippen LogP contribution in [0.2, 0.25) is 0 Å². The van der Waals surface area contributed by atoms with Gasteiger partial charge in [0.1, 0.15) is 11.3 Å². The molecule has 0 aromatic heterocycles. The number of nitrogens with one attached hydrogen (secondary N) is 2. The van der Waals surface area contributed by atoms with E-state index in [1.165, 1.54) is 12.1 Å². The number of nitrogens with zero attached hydrogens (tertiary/aromatic N) is 1. The maximum atomic E-state index is 11.9. The molecule has 0 spiro atoms. The first-order valence-corrected chi connectivity index (χ1v) is 4.77. The molecule has 7 nitrogen and oxygen atoms in total. The number of nitro groups is 1. The average Bonchev–Trinajstić information content (AvgIpc) is 2.34. The number of halogens is 2. The van der Waals surface area contributed by atoms with Gasteiger partial charge in [0.15, 0.2) is 0 Å². The highest BCUT2D eigenvalue weighted by atomic mass is 19.3. The van der Waals surface area contributed by atoms with Crippen molar-refractivity contribution in [3.05, 3.63) is 33.9 Å². The van der Waals surface area contributed by atoms with Gasteiger partial charge in [-0.15, -0.1) is 0 Å². The number of hydrazine groups is 1. The van der Waals surface area contributed by atoms with Crippen molar-refractivity contribution < 1.29 is 18.5 Å². The minimum atomic E-state index is -2.73. The van der Waals surface area contributed by atoms with Gasteiger partial charge in [0.25, 0.3) is 12.3 Å². The van der Waals surface area contributed by atoms with E-state index in [2.05, 4.69) is 5.43 Å². The maximum absolute atomic E-state index is 11.9. The van der Waals surface area contributed by atoms with Gasteiger partial charge in [-0.3, -0.25) is 20.8 Å². The lowest BCUT2D eigenvalue weighted by Crippen LogP contribution is -2.29. The molecule has 0 radical (unpaired) electrons. The van der Waals surface area contributed by atoms with Crippen LogP contribution < -0.4 is 16.6 Å². The fraction of sp³-hybridized carbons (Fsp3) is 0.222. The maximum Gasteiger partial charge on any atom is 0.306 e. The lowest BCUT2D eigenvalue weighted by molar-refractivity contribution is -0.384. The van der Waals surface area contributed by atoms with Crippen molar-refractivity contribution in [3.63, 3.8) is 0 Å². The smallest absolute Gasteiger partial charge is 0.306 e. The largest absolute Gasteiger partial charge is 0.346 e. The molecule has 0 aliphatic heterocycles. The Labute approximate surface area is 100 Å². The molecule has 1 amide bonds. The molecule has 0 fully saturated rings. The predicted octanol–water partition coefficient (Wildman–Crippen LogP) is 0.875. The molecule has 1 rings (SSSR count). The zero-order valence-corrected chi connectivity index (χ0v) is 9.02. The number of anilines is 1.